The average Bonchev–Trinajstić information content (AvgIpc) is 2.94. The number of ether oxygens (including phenoxy) is 2. The first-order valence-corrected chi connectivity index (χ1v) is 8.25. The number of amides is 2. The van der Waals surface area contributed by atoms with Crippen LogP contribution in [0, 0.1) is 11.8 Å². The van der Waals surface area contributed by atoms with E-state index in [0.29, 0.717) is 36.2 Å². The lowest BCUT2D eigenvalue weighted by Gasteiger charge is -2.18. The van der Waals surface area contributed by atoms with Gasteiger partial charge in [0.05, 0.1) is 25.8 Å². The molecule has 1 atom stereocenters. The second-order valence-electron chi connectivity index (χ2n) is 6.48. The zero-order chi connectivity index (χ0) is 17.7. The van der Waals surface area contributed by atoms with E-state index in [4.69, 9.17) is 9.47 Å². The number of methoxy groups -OCH3 is 2. The third-order valence-electron chi connectivity index (χ3n) is 4.23. The number of hydrogen-bond donors (Lipinski definition) is 1. The summed E-state index contributed by atoms with van der Waals surface area (Å²) in [6.45, 7) is 5.45. The maximum absolute atomic E-state index is 12.5. The Morgan fingerprint density at radius 2 is 2.08 bits per heavy atom. The largest absolute Gasteiger partial charge is 0.497 e. The van der Waals surface area contributed by atoms with Crippen LogP contribution >= 0.6 is 0 Å². The molecule has 1 aliphatic rings. The molecule has 1 heterocycles. The molecule has 1 aromatic rings. The average molecular weight is 334 g/mol. The van der Waals surface area contributed by atoms with Crippen LogP contribution in [0.4, 0.5) is 5.69 Å². The van der Waals surface area contributed by atoms with Gasteiger partial charge in [-0.1, -0.05) is 13.8 Å². The van der Waals surface area contributed by atoms with Crippen LogP contribution in [0.15, 0.2) is 18.2 Å². The van der Waals surface area contributed by atoms with Crippen molar-refractivity contribution in [2.75, 3.05) is 32.6 Å². The lowest BCUT2D eigenvalue weighted by molar-refractivity contribution is -0.128. The van der Waals surface area contributed by atoms with Crippen molar-refractivity contribution >= 4 is 17.5 Å². The lowest BCUT2D eigenvalue weighted by Crippen LogP contribution is -2.29. The molecule has 24 heavy (non-hydrogen) atoms. The summed E-state index contributed by atoms with van der Waals surface area (Å²) >= 11 is 0. The summed E-state index contributed by atoms with van der Waals surface area (Å²) in [6, 6.07) is 5.21. The van der Waals surface area contributed by atoms with Gasteiger partial charge in [0, 0.05) is 25.6 Å². The molecule has 0 bridgehead atoms. The highest BCUT2D eigenvalue weighted by atomic mass is 16.5. The topological polar surface area (TPSA) is 67.9 Å². The first kappa shape index (κ1) is 18.1. The standard InChI is InChI=1S/C18H26N2O4/c1-12(2)7-8-20-11-13(9-17(20)21)18(22)19-15-6-5-14(23-3)10-16(15)24-4/h5-6,10,12-13H,7-9,11H2,1-4H3,(H,19,22). The first-order chi connectivity index (χ1) is 11.4. The van der Waals surface area contributed by atoms with Crippen LogP contribution in [0.3, 0.4) is 0 Å². The van der Waals surface area contributed by atoms with Gasteiger partial charge >= 0.3 is 0 Å². The van der Waals surface area contributed by atoms with Gasteiger partial charge < -0.3 is 19.7 Å². The van der Waals surface area contributed by atoms with E-state index >= 15 is 0 Å². The zero-order valence-corrected chi connectivity index (χ0v) is 14.8. The Kier molecular flexibility index (Phi) is 6.06. The van der Waals surface area contributed by atoms with Crippen LogP contribution in [-0.4, -0.2) is 44.0 Å². The first-order valence-electron chi connectivity index (χ1n) is 8.25. The summed E-state index contributed by atoms with van der Waals surface area (Å²) in [4.78, 5) is 26.3. The summed E-state index contributed by atoms with van der Waals surface area (Å²) in [7, 11) is 3.11. The fourth-order valence-corrected chi connectivity index (χ4v) is 2.71. The van der Waals surface area contributed by atoms with E-state index in [2.05, 4.69) is 19.2 Å². The van der Waals surface area contributed by atoms with Gasteiger partial charge in [-0.25, -0.2) is 0 Å². The summed E-state index contributed by atoms with van der Waals surface area (Å²) < 4.78 is 10.4. The van der Waals surface area contributed by atoms with E-state index < -0.39 is 0 Å². The Morgan fingerprint density at radius 3 is 2.71 bits per heavy atom. The number of nitrogens with zero attached hydrogens (tertiary/aromatic N) is 1. The Hall–Kier alpha value is -2.24. The molecule has 132 valence electrons. The summed E-state index contributed by atoms with van der Waals surface area (Å²) in [6.07, 6.45) is 1.22. The molecular formula is C18H26N2O4. The molecule has 0 radical (unpaired) electrons. The minimum Gasteiger partial charge on any atom is -0.497 e. The predicted octanol–water partition coefficient (Wildman–Crippen LogP) is 2.54. The second-order valence-corrected chi connectivity index (χ2v) is 6.48. The van der Waals surface area contributed by atoms with Crippen LogP contribution in [0.1, 0.15) is 26.7 Å². The van der Waals surface area contributed by atoms with Crippen molar-refractivity contribution in [2.24, 2.45) is 11.8 Å². The fourth-order valence-electron chi connectivity index (χ4n) is 2.71. The number of nitrogens with one attached hydrogen (secondary N) is 1. The minimum absolute atomic E-state index is 0.0532. The number of anilines is 1. The highest BCUT2D eigenvalue weighted by molar-refractivity contribution is 5.98. The quantitative estimate of drug-likeness (QED) is 0.832. The highest BCUT2D eigenvalue weighted by Gasteiger charge is 2.34. The van der Waals surface area contributed by atoms with E-state index in [1.807, 2.05) is 0 Å². The normalized spacial score (nSPS) is 17.3. The van der Waals surface area contributed by atoms with Gasteiger partial charge in [-0.15, -0.1) is 0 Å². The SMILES string of the molecule is COc1ccc(NC(=O)C2CC(=O)N(CCC(C)C)C2)c(OC)c1. The molecule has 0 spiro atoms. The molecule has 2 rings (SSSR count). The molecule has 1 fully saturated rings. The third-order valence-corrected chi connectivity index (χ3v) is 4.23. The van der Waals surface area contributed by atoms with Crippen molar-refractivity contribution in [3.05, 3.63) is 18.2 Å². The molecule has 1 unspecified atom stereocenters. The van der Waals surface area contributed by atoms with E-state index in [1.165, 1.54) is 7.11 Å². The Morgan fingerprint density at radius 1 is 1.33 bits per heavy atom. The van der Waals surface area contributed by atoms with E-state index in [-0.39, 0.29) is 24.2 Å². The molecule has 1 aromatic carbocycles. The Bertz CT molecular complexity index is 601. The Balaban J connectivity index is 1.99. The summed E-state index contributed by atoms with van der Waals surface area (Å²) in [5.41, 5.74) is 0.580. The number of likely N-dealkylation sites (tertiary alicyclic amines) is 1. The van der Waals surface area contributed by atoms with Crippen molar-refractivity contribution in [2.45, 2.75) is 26.7 Å². The summed E-state index contributed by atoms with van der Waals surface area (Å²) in [5, 5.41) is 2.86. The number of carbonyl (C=O) groups is 2. The van der Waals surface area contributed by atoms with Crippen molar-refractivity contribution in [1.29, 1.82) is 0 Å². The van der Waals surface area contributed by atoms with Crippen molar-refractivity contribution in [3.63, 3.8) is 0 Å². The number of hydrogen-bond acceptors (Lipinski definition) is 4. The fraction of sp³-hybridized carbons (Fsp3) is 0.556. The highest BCUT2D eigenvalue weighted by Crippen LogP contribution is 2.30. The van der Waals surface area contributed by atoms with Crippen molar-refractivity contribution < 1.29 is 19.1 Å². The Labute approximate surface area is 143 Å². The molecule has 0 aromatic heterocycles. The van der Waals surface area contributed by atoms with E-state index in [1.54, 1.807) is 30.2 Å². The van der Waals surface area contributed by atoms with Gasteiger partial charge in [0.1, 0.15) is 11.5 Å². The molecule has 1 aliphatic heterocycles. The van der Waals surface area contributed by atoms with E-state index in [9.17, 15) is 9.59 Å². The van der Waals surface area contributed by atoms with Crippen molar-refractivity contribution in [3.8, 4) is 11.5 Å². The smallest absolute Gasteiger partial charge is 0.229 e. The van der Waals surface area contributed by atoms with Crippen molar-refractivity contribution in [1.82, 2.24) is 4.90 Å². The molecule has 0 aliphatic carbocycles. The van der Waals surface area contributed by atoms with Gasteiger partial charge in [0.2, 0.25) is 11.8 Å². The lowest BCUT2D eigenvalue weighted by atomic mass is 10.1. The maximum atomic E-state index is 12.5. The van der Waals surface area contributed by atoms with Gasteiger partial charge in [0.15, 0.2) is 0 Å². The monoisotopic (exact) mass is 334 g/mol. The van der Waals surface area contributed by atoms with Crippen LogP contribution in [0.2, 0.25) is 0 Å². The van der Waals surface area contributed by atoms with Crippen LogP contribution in [-0.2, 0) is 9.59 Å². The van der Waals surface area contributed by atoms with Crippen LogP contribution in [0.5, 0.6) is 11.5 Å². The second kappa shape index (κ2) is 8.04. The van der Waals surface area contributed by atoms with Gasteiger partial charge in [-0.3, -0.25) is 9.59 Å². The maximum Gasteiger partial charge on any atom is 0.229 e. The zero-order valence-electron chi connectivity index (χ0n) is 14.8. The molecule has 6 nitrogen and oxygen atoms in total. The molecular weight excluding hydrogens is 308 g/mol. The number of carbonyl (C=O) groups excluding carboxylic acids is 2. The van der Waals surface area contributed by atoms with Gasteiger partial charge in [-0.05, 0) is 24.5 Å². The molecule has 1 N–H and O–H groups in total. The minimum atomic E-state index is -0.323. The van der Waals surface area contributed by atoms with E-state index in [0.717, 1.165) is 6.42 Å². The molecule has 6 heteroatoms. The number of benzene rings is 1. The number of rotatable bonds is 7. The van der Waals surface area contributed by atoms with Crippen LogP contribution in [0.25, 0.3) is 0 Å². The van der Waals surface area contributed by atoms with Gasteiger partial charge in [-0.2, -0.15) is 0 Å². The summed E-state index contributed by atoms with van der Waals surface area (Å²) in [5.74, 6) is 1.30. The third kappa shape index (κ3) is 4.40. The van der Waals surface area contributed by atoms with Gasteiger partial charge in [0.25, 0.3) is 0 Å². The molecule has 0 saturated carbocycles. The molecule has 1 saturated heterocycles. The molecule has 2 amide bonds. The van der Waals surface area contributed by atoms with Crippen LogP contribution < -0.4 is 14.8 Å². The predicted molar refractivity (Wildman–Crippen MR) is 92.3 cm³/mol.